The smallest absolute Gasteiger partial charge is 0.257 e. The van der Waals surface area contributed by atoms with E-state index in [0.717, 1.165) is 21.1 Å². The van der Waals surface area contributed by atoms with E-state index < -0.39 is 0 Å². The third kappa shape index (κ3) is 3.62. The molecule has 1 amide bonds. The van der Waals surface area contributed by atoms with Crippen molar-refractivity contribution in [3.63, 3.8) is 0 Å². The van der Waals surface area contributed by atoms with Crippen LogP contribution in [0.2, 0.25) is 0 Å². The molecule has 0 radical (unpaired) electrons. The summed E-state index contributed by atoms with van der Waals surface area (Å²) >= 11 is 4.88. The fraction of sp³-hybridized carbons (Fsp3) is 0.222. The number of benzene rings is 2. The summed E-state index contributed by atoms with van der Waals surface area (Å²) in [6, 6.07) is 13.6. The Balaban J connectivity index is 1.83. The minimum absolute atomic E-state index is 0.140. The summed E-state index contributed by atoms with van der Waals surface area (Å²) in [6.07, 6.45) is 1.11. The average molecular weight is 389 g/mol. The number of fused-ring (bicyclic) bond motifs is 1. The van der Waals surface area contributed by atoms with Crippen molar-refractivity contribution in [1.82, 2.24) is 4.98 Å². The number of hydrogen-bond donors (Lipinski definition) is 1. The molecule has 0 saturated heterocycles. The largest absolute Gasteiger partial charge is 0.298 e. The number of thiazole rings is 1. The van der Waals surface area contributed by atoms with Gasteiger partial charge in [-0.25, -0.2) is 4.98 Å². The number of carbonyl (C=O) groups excluding carboxylic acids is 1. The van der Waals surface area contributed by atoms with Crippen LogP contribution >= 0.6 is 27.3 Å². The first-order chi connectivity index (χ1) is 11.1. The van der Waals surface area contributed by atoms with Crippen LogP contribution in [0.1, 0.15) is 42.1 Å². The van der Waals surface area contributed by atoms with E-state index in [1.807, 2.05) is 18.2 Å². The second-order valence-electron chi connectivity index (χ2n) is 5.52. The summed E-state index contributed by atoms with van der Waals surface area (Å²) in [4.78, 5) is 16.8. The Bertz CT molecular complexity index is 842. The van der Waals surface area contributed by atoms with Gasteiger partial charge in [0.05, 0.1) is 10.2 Å². The number of hydrogen-bond acceptors (Lipinski definition) is 3. The predicted molar refractivity (Wildman–Crippen MR) is 100 cm³/mol. The molecule has 0 bridgehead atoms. The van der Waals surface area contributed by atoms with Crippen molar-refractivity contribution < 1.29 is 4.79 Å². The van der Waals surface area contributed by atoms with Gasteiger partial charge in [0, 0.05) is 10.0 Å². The summed E-state index contributed by atoms with van der Waals surface area (Å²) in [5.41, 5.74) is 2.86. The average Bonchev–Trinajstić information content (AvgIpc) is 2.95. The van der Waals surface area contributed by atoms with Gasteiger partial charge < -0.3 is 0 Å². The topological polar surface area (TPSA) is 42.0 Å². The van der Waals surface area contributed by atoms with E-state index in [1.54, 1.807) is 12.1 Å². The highest BCUT2D eigenvalue weighted by atomic mass is 79.9. The second kappa shape index (κ2) is 6.81. The molecule has 0 aliphatic rings. The van der Waals surface area contributed by atoms with Gasteiger partial charge in [-0.2, -0.15) is 0 Å². The lowest BCUT2D eigenvalue weighted by Crippen LogP contribution is -2.11. The third-order valence-corrected chi connectivity index (χ3v) is 5.38. The van der Waals surface area contributed by atoms with Crippen molar-refractivity contribution in [2.45, 2.75) is 26.2 Å². The fourth-order valence-corrected chi connectivity index (χ4v) is 3.48. The summed E-state index contributed by atoms with van der Waals surface area (Å²) < 4.78 is 2.06. The number of anilines is 1. The van der Waals surface area contributed by atoms with E-state index in [0.29, 0.717) is 16.6 Å². The van der Waals surface area contributed by atoms with Gasteiger partial charge in [0.15, 0.2) is 5.13 Å². The van der Waals surface area contributed by atoms with Crippen molar-refractivity contribution in [1.29, 1.82) is 0 Å². The number of aromatic nitrogens is 1. The Morgan fingerprint density at radius 3 is 2.70 bits per heavy atom. The van der Waals surface area contributed by atoms with Crippen LogP contribution in [0.3, 0.4) is 0 Å². The first-order valence-corrected chi connectivity index (χ1v) is 9.15. The van der Waals surface area contributed by atoms with Gasteiger partial charge in [0.2, 0.25) is 0 Å². The number of nitrogens with zero attached hydrogens (tertiary/aromatic N) is 1. The first kappa shape index (κ1) is 16.1. The highest BCUT2D eigenvalue weighted by Gasteiger charge is 2.11. The molecule has 0 aliphatic carbocycles. The lowest BCUT2D eigenvalue weighted by Gasteiger charge is -2.07. The SMILES string of the molecule is CCC(C)c1ccc2nc(NC(=O)c3ccc(Br)cc3)sc2c1. The van der Waals surface area contributed by atoms with E-state index in [9.17, 15) is 4.79 Å². The molecule has 1 N–H and O–H groups in total. The maximum atomic E-state index is 12.3. The third-order valence-electron chi connectivity index (χ3n) is 3.92. The number of rotatable bonds is 4. The van der Waals surface area contributed by atoms with Crippen molar-refractivity contribution >= 4 is 48.5 Å². The molecule has 0 spiro atoms. The zero-order chi connectivity index (χ0) is 16.4. The molecule has 3 rings (SSSR count). The number of amides is 1. The predicted octanol–water partition coefficient (Wildman–Crippen LogP) is 5.82. The van der Waals surface area contributed by atoms with Crippen molar-refractivity contribution in [2.24, 2.45) is 0 Å². The lowest BCUT2D eigenvalue weighted by atomic mass is 9.99. The van der Waals surface area contributed by atoms with Gasteiger partial charge >= 0.3 is 0 Å². The molecule has 1 aromatic heterocycles. The summed E-state index contributed by atoms with van der Waals surface area (Å²) in [5, 5.41) is 3.52. The molecule has 1 atom stereocenters. The number of carbonyl (C=O) groups is 1. The van der Waals surface area contributed by atoms with Crippen LogP contribution < -0.4 is 5.32 Å². The van der Waals surface area contributed by atoms with Crippen molar-refractivity contribution in [2.75, 3.05) is 5.32 Å². The molecule has 23 heavy (non-hydrogen) atoms. The van der Waals surface area contributed by atoms with Gasteiger partial charge in [-0.05, 0) is 54.3 Å². The van der Waals surface area contributed by atoms with Crippen LogP contribution in [0.15, 0.2) is 46.9 Å². The Labute approximate surface area is 147 Å². The van der Waals surface area contributed by atoms with Crippen LogP contribution in [0.5, 0.6) is 0 Å². The molecular formula is C18H17BrN2OS. The minimum Gasteiger partial charge on any atom is -0.298 e. The maximum absolute atomic E-state index is 12.3. The molecule has 2 aromatic carbocycles. The zero-order valence-corrected chi connectivity index (χ0v) is 15.4. The Kier molecular flexibility index (Phi) is 4.78. The quantitative estimate of drug-likeness (QED) is 0.611. The van der Waals surface area contributed by atoms with E-state index in [-0.39, 0.29) is 5.91 Å². The number of halogens is 1. The molecule has 5 heteroatoms. The van der Waals surface area contributed by atoms with Gasteiger partial charge in [0.1, 0.15) is 0 Å². The van der Waals surface area contributed by atoms with Crippen LogP contribution in [-0.2, 0) is 0 Å². The summed E-state index contributed by atoms with van der Waals surface area (Å²) in [6.45, 7) is 4.41. The Morgan fingerprint density at radius 1 is 1.26 bits per heavy atom. The number of nitrogens with one attached hydrogen (secondary N) is 1. The highest BCUT2D eigenvalue weighted by Crippen LogP contribution is 2.30. The van der Waals surface area contributed by atoms with Crippen LogP contribution in [0.4, 0.5) is 5.13 Å². The zero-order valence-electron chi connectivity index (χ0n) is 13.0. The van der Waals surface area contributed by atoms with E-state index in [4.69, 9.17) is 0 Å². The Morgan fingerprint density at radius 2 is 2.00 bits per heavy atom. The van der Waals surface area contributed by atoms with Gasteiger partial charge in [-0.15, -0.1) is 0 Å². The Hall–Kier alpha value is -1.72. The molecule has 0 fully saturated rings. The maximum Gasteiger partial charge on any atom is 0.257 e. The molecule has 1 unspecified atom stereocenters. The van der Waals surface area contributed by atoms with Gasteiger partial charge in [-0.3, -0.25) is 10.1 Å². The van der Waals surface area contributed by atoms with Crippen LogP contribution in [-0.4, -0.2) is 10.9 Å². The van der Waals surface area contributed by atoms with Gasteiger partial charge in [0.25, 0.3) is 5.91 Å². The fourth-order valence-electron chi connectivity index (χ4n) is 2.31. The lowest BCUT2D eigenvalue weighted by molar-refractivity contribution is 0.102. The molecule has 0 saturated carbocycles. The minimum atomic E-state index is -0.140. The summed E-state index contributed by atoms with van der Waals surface area (Å²) in [7, 11) is 0. The molecule has 118 valence electrons. The summed E-state index contributed by atoms with van der Waals surface area (Å²) in [5.74, 6) is 0.390. The van der Waals surface area contributed by atoms with Gasteiger partial charge in [-0.1, -0.05) is 47.2 Å². The molecule has 3 aromatic rings. The molecule has 3 nitrogen and oxygen atoms in total. The van der Waals surface area contributed by atoms with E-state index in [1.165, 1.54) is 16.9 Å². The first-order valence-electron chi connectivity index (χ1n) is 7.54. The normalized spacial score (nSPS) is 12.3. The van der Waals surface area contributed by atoms with Crippen LogP contribution in [0, 0.1) is 0 Å². The van der Waals surface area contributed by atoms with Crippen molar-refractivity contribution in [3.05, 3.63) is 58.1 Å². The van der Waals surface area contributed by atoms with E-state index >= 15 is 0 Å². The monoisotopic (exact) mass is 388 g/mol. The highest BCUT2D eigenvalue weighted by molar-refractivity contribution is 9.10. The molecular weight excluding hydrogens is 372 g/mol. The molecule has 1 heterocycles. The van der Waals surface area contributed by atoms with E-state index in [2.05, 4.69) is 52.2 Å². The standard InChI is InChI=1S/C18H17BrN2OS/c1-3-11(2)13-6-9-15-16(10-13)23-18(20-15)21-17(22)12-4-7-14(19)8-5-12/h4-11H,3H2,1-2H3,(H,20,21,22). The van der Waals surface area contributed by atoms with Crippen LogP contribution in [0.25, 0.3) is 10.2 Å². The van der Waals surface area contributed by atoms with Crippen molar-refractivity contribution in [3.8, 4) is 0 Å². The second-order valence-corrected chi connectivity index (χ2v) is 7.46. The molecule has 0 aliphatic heterocycles.